The molecule has 0 aliphatic carbocycles. The van der Waals surface area contributed by atoms with E-state index in [0.29, 0.717) is 5.95 Å². The van der Waals surface area contributed by atoms with Crippen LogP contribution < -0.4 is 4.90 Å². The van der Waals surface area contributed by atoms with Gasteiger partial charge in [0.2, 0.25) is 5.95 Å². The Bertz CT molecular complexity index is 860. The minimum absolute atomic E-state index is 0.130. The van der Waals surface area contributed by atoms with E-state index in [0.717, 1.165) is 36.3 Å². The highest BCUT2D eigenvalue weighted by Gasteiger charge is 2.27. The summed E-state index contributed by atoms with van der Waals surface area (Å²) in [5.41, 5.74) is 2.59. The monoisotopic (exact) mass is 323 g/mol. The van der Waals surface area contributed by atoms with Gasteiger partial charge in [-0.25, -0.2) is 14.4 Å². The van der Waals surface area contributed by atoms with Gasteiger partial charge in [0.15, 0.2) is 0 Å². The number of hydrogen-bond donors (Lipinski definition) is 0. The number of hydrogen-bond acceptors (Lipinski definition) is 4. The highest BCUT2D eigenvalue weighted by molar-refractivity contribution is 5.58. The van der Waals surface area contributed by atoms with E-state index in [2.05, 4.69) is 20.0 Å². The van der Waals surface area contributed by atoms with Crippen LogP contribution >= 0.6 is 0 Å². The van der Waals surface area contributed by atoms with Crippen molar-refractivity contribution in [2.75, 3.05) is 18.0 Å². The van der Waals surface area contributed by atoms with E-state index < -0.39 is 0 Å². The summed E-state index contributed by atoms with van der Waals surface area (Å²) in [7, 11) is 1.88. The van der Waals surface area contributed by atoms with Crippen molar-refractivity contribution >= 4 is 5.95 Å². The van der Waals surface area contributed by atoms with Gasteiger partial charge in [-0.1, -0.05) is 18.2 Å². The first kappa shape index (κ1) is 14.8. The van der Waals surface area contributed by atoms with E-state index in [9.17, 15) is 4.39 Å². The molecule has 5 nitrogen and oxygen atoms in total. The summed E-state index contributed by atoms with van der Waals surface area (Å²) in [5, 5.41) is 4.18. The zero-order valence-electron chi connectivity index (χ0n) is 13.4. The fourth-order valence-corrected chi connectivity index (χ4v) is 3.22. The summed E-state index contributed by atoms with van der Waals surface area (Å²) >= 11 is 0. The molecule has 1 atom stereocenters. The van der Waals surface area contributed by atoms with Gasteiger partial charge in [-0.2, -0.15) is 5.10 Å². The Balaban J connectivity index is 1.56. The smallest absolute Gasteiger partial charge is 0.225 e. The van der Waals surface area contributed by atoms with Crippen molar-refractivity contribution in [2.24, 2.45) is 7.05 Å². The molecule has 1 unspecified atom stereocenters. The molecule has 2 aromatic heterocycles. The molecule has 0 N–H and O–H groups in total. The molecule has 3 aromatic rings. The molecule has 24 heavy (non-hydrogen) atoms. The predicted octanol–water partition coefficient (Wildman–Crippen LogP) is 3.01. The lowest BCUT2D eigenvalue weighted by Crippen LogP contribution is -2.22. The lowest BCUT2D eigenvalue weighted by molar-refractivity contribution is 0.589. The van der Waals surface area contributed by atoms with Crippen molar-refractivity contribution in [1.29, 1.82) is 0 Å². The zero-order valence-corrected chi connectivity index (χ0v) is 13.4. The lowest BCUT2D eigenvalue weighted by atomic mass is 9.98. The highest BCUT2D eigenvalue weighted by Crippen LogP contribution is 2.31. The van der Waals surface area contributed by atoms with Crippen LogP contribution in [0.5, 0.6) is 0 Å². The van der Waals surface area contributed by atoms with Crippen LogP contribution in [0.4, 0.5) is 10.3 Å². The number of anilines is 1. The van der Waals surface area contributed by atoms with Gasteiger partial charge in [0.05, 0.1) is 11.9 Å². The maximum Gasteiger partial charge on any atom is 0.225 e. The molecule has 1 aromatic carbocycles. The molecule has 1 saturated heterocycles. The Hall–Kier alpha value is -2.76. The second-order valence-electron chi connectivity index (χ2n) is 6.10. The Morgan fingerprint density at radius 1 is 1.21 bits per heavy atom. The molecule has 1 aliphatic heterocycles. The van der Waals surface area contributed by atoms with Gasteiger partial charge in [-0.15, -0.1) is 0 Å². The maximum atomic E-state index is 14.0. The third-order valence-corrected chi connectivity index (χ3v) is 4.46. The normalized spacial score (nSPS) is 17.4. The van der Waals surface area contributed by atoms with Gasteiger partial charge in [0.25, 0.3) is 0 Å². The molecule has 122 valence electrons. The van der Waals surface area contributed by atoms with Crippen molar-refractivity contribution in [3.05, 3.63) is 60.3 Å². The van der Waals surface area contributed by atoms with Crippen molar-refractivity contribution < 1.29 is 4.39 Å². The molecule has 0 spiro atoms. The molecular weight excluding hydrogens is 305 g/mol. The lowest BCUT2D eigenvalue weighted by Gasteiger charge is -2.17. The molecule has 1 fully saturated rings. The van der Waals surface area contributed by atoms with Gasteiger partial charge >= 0.3 is 0 Å². The topological polar surface area (TPSA) is 46.8 Å². The Labute approximate surface area is 139 Å². The summed E-state index contributed by atoms with van der Waals surface area (Å²) in [4.78, 5) is 11.2. The number of aryl methyl sites for hydroxylation is 1. The number of nitrogens with zero attached hydrogens (tertiary/aromatic N) is 5. The summed E-state index contributed by atoms with van der Waals surface area (Å²) in [6.07, 6.45) is 6.39. The van der Waals surface area contributed by atoms with E-state index in [1.54, 1.807) is 23.1 Å². The number of rotatable bonds is 3. The maximum absolute atomic E-state index is 14.0. The average Bonchev–Trinajstić information content (AvgIpc) is 3.25. The first-order chi connectivity index (χ1) is 11.7. The van der Waals surface area contributed by atoms with Crippen molar-refractivity contribution in [2.45, 2.75) is 12.3 Å². The van der Waals surface area contributed by atoms with E-state index in [1.807, 2.05) is 31.4 Å². The van der Waals surface area contributed by atoms with Crippen LogP contribution in [0.25, 0.3) is 11.3 Å². The van der Waals surface area contributed by atoms with Crippen LogP contribution in [0.2, 0.25) is 0 Å². The average molecular weight is 323 g/mol. The van der Waals surface area contributed by atoms with E-state index in [4.69, 9.17) is 0 Å². The van der Waals surface area contributed by atoms with Gasteiger partial charge in [-0.3, -0.25) is 4.68 Å². The SMILES string of the molecule is Cn1cc(-c2ccnc(N3CCC(c4ccccc4F)C3)n2)cn1. The second-order valence-corrected chi connectivity index (χ2v) is 6.10. The number of benzene rings is 1. The Morgan fingerprint density at radius 3 is 2.88 bits per heavy atom. The van der Waals surface area contributed by atoms with Gasteiger partial charge < -0.3 is 4.90 Å². The molecule has 3 heterocycles. The van der Waals surface area contributed by atoms with Gasteiger partial charge in [0, 0.05) is 44.0 Å². The van der Waals surface area contributed by atoms with Gasteiger partial charge in [0.1, 0.15) is 5.82 Å². The fourth-order valence-electron chi connectivity index (χ4n) is 3.22. The fraction of sp³-hybridized carbons (Fsp3) is 0.278. The summed E-state index contributed by atoms with van der Waals surface area (Å²) in [6, 6.07) is 8.89. The molecule has 0 radical (unpaired) electrons. The van der Waals surface area contributed by atoms with Crippen LogP contribution in [-0.2, 0) is 7.05 Å². The minimum Gasteiger partial charge on any atom is -0.340 e. The quantitative estimate of drug-likeness (QED) is 0.743. The predicted molar refractivity (Wildman–Crippen MR) is 90.2 cm³/mol. The molecular formula is C18H18FN5. The second kappa shape index (κ2) is 6.03. The van der Waals surface area contributed by atoms with Crippen LogP contribution in [-0.4, -0.2) is 32.8 Å². The Morgan fingerprint density at radius 2 is 2.08 bits per heavy atom. The molecule has 1 aliphatic rings. The molecule has 4 rings (SSSR count). The number of halogens is 1. The van der Waals surface area contributed by atoms with E-state index in [1.165, 1.54) is 6.07 Å². The van der Waals surface area contributed by atoms with E-state index in [-0.39, 0.29) is 11.7 Å². The largest absolute Gasteiger partial charge is 0.340 e. The third kappa shape index (κ3) is 2.75. The minimum atomic E-state index is -0.130. The third-order valence-electron chi connectivity index (χ3n) is 4.46. The molecule has 0 bridgehead atoms. The van der Waals surface area contributed by atoms with Crippen LogP contribution in [0.15, 0.2) is 48.9 Å². The van der Waals surface area contributed by atoms with Crippen molar-refractivity contribution in [3.8, 4) is 11.3 Å². The summed E-state index contributed by atoms with van der Waals surface area (Å²) in [6.45, 7) is 1.56. The molecule has 0 amide bonds. The summed E-state index contributed by atoms with van der Waals surface area (Å²) < 4.78 is 15.8. The first-order valence-corrected chi connectivity index (χ1v) is 8.02. The van der Waals surface area contributed by atoms with E-state index >= 15 is 0 Å². The van der Waals surface area contributed by atoms with Crippen LogP contribution in [0.1, 0.15) is 17.9 Å². The van der Waals surface area contributed by atoms with Crippen molar-refractivity contribution in [3.63, 3.8) is 0 Å². The zero-order chi connectivity index (χ0) is 16.5. The molecule has 0 saturated carbocycles. The van der Waals surface area contributed by atoms with Gasteiger partial charge in [-0.05, 0) is 24.1 Å². The standard InChI is InChI=1S/C18H18FN5/c1-23-11-14(10-21-23)17-6-8-20-18(22-17)24-9-7-13(12-24)15-4-2-3-5-16(15)19/h2-6,8,10-11,13H,7,9,12H2,1H3. The van der Waals surface area contributed by atoms with Crippen LogP contribution in [0, 0.1) is 5.82 Å². The van der Waals surface area contributed by atoms with Crippen LogP contribution in [0.3, 0.4) is 0 Å². The molecule has 6 heteroatoms. The first-order valence-electron chi connectivity index (χ1n) is 8.02. The highest BCUT2D eigenvalue weighted by atomic mass is 19.1. The van der Waals surface area contributed by atoms with Crippen molar-refractivity contribution in [1.82, 2.24) is 19.7 Å². The number of aromatic nitrogens is 4. The Kier molecular flexibility index (Phi) is 3.72. The summed E-state index contributed by atoms with van der Waals surface area (Å²) in [5.74, 6) is 0.737.